The van der Waals surface area contributed by atoms with Gasteiger partial charge in [-0.1, -0.05) is 30.3 Å². The van der Waals surface area contributed by atoms with Gasteiger partial charge in [-0.15, -0.1) is 11.3 Å². The van der Waals surface area contributed by atoms with E-state index in [1.165, 1.54) is 11.3 Å². The van der Waals surface area contributed by atoms with Crippen LogP contribution in [0.1, 0.15) is 23.5 Å². The molecule has 0 saturated carbocycles. The number of hydrogen-bond donors (Lipinski definition) is 1. The third-order valence-corrected chi connectivity index (χ3v) is 3.33. The molecule has 0 aliphatic heterocycles. The second kappa shape index (κ2) is 6.16. The van der Waals surface area contributed by atoms with Crippen molar-refractivity contribution in [2.24, 2.45) is 0 Å². The van der Waals surface area contributed by atoms with Crippen molar-refractivity contribution >= 4 is 17.4 Å². The van der Waals surface area contributed by atoms with E-state index in [2.05, 4.69) is 10.3 Å². The van der Waals surface area contributed by atoms with E-state index in [-0.39, 0.29) is 12.6 Å². The van der Waals surface area contributed by atoms with Crippen molar-refractivity contribution in [2.75, 3.05) is 0 Å². The van der Waals surface area contributed by atoms with Crippen LogP contribution in [0.25, 0.3) is 0 Å². The van der Waals surface area contributed by atoms with E-state index in [4.69, 9.17) is 4.74 Å². The summed E-state index contributed by atoms with van der Waals surface area (Å²) in [5.74, 6) is 0. The van der Waals surface area contributed by atoms with Crippen molar-refractivity contribution in [2.45, 2.75) is 19.6 Å². The van der Waals surface area contributed by atoms with Gasteiger partial charge in [-0.2, -0.15) is 0 Å². The van der Waals surface area contributed by atoms with Crippen LogP contribution in [0.4, 0.5) is 4.79 Å². The van der Waals surface area contributed by atoms with Crippen molar-refractivity contribution in [3.8, 4) is 0 Å². The maximum atomic E-state index is 11.6. The van der Waals surface area contributed by atoms with Gasteiger partial charge in [0.15, 0.2) is 0 Å². The molecule has 1 heterocycles. The minimum atomic E-state index is -0.429. The average Bonchev–Trinajstić information content (AvgIpc) is 2.91. The van der Waals surface area contributed by atoms with E-state index in [0.29, 0.717) is 0 Å². The highest BCUT2D eigenvalue weighted by Gasteiger charge is 2.12. The number of ether oxygens (including phenoxy) is 1. The summed E-state index contributed by atoms with van der Waals surface area (Å²) < 4.78 is 5.12. The van der Waals surface area contributed by atoms with Gasteiger partial charge in [0.2, 0.25) is 0 Å². The van der Waals surface area contributed by atoms with Crippen molar-refractivity contribution < 1.29 is 9.53 Å². The van der Waals surface area contributed by atoms with Gasteiger partial charge in [0.25, 0.3) is 0 Å². The van der Waals surface area contributed by atoms with E-state index in [1.807, 2.05) is 42.6 Å². The molecule has 0 radical (unpaired) electrons. The van der Waals surface area contributed by atoms with Crippen molar-refractivity contribution in [3.05, 3.63) is 52.5 Å². The Morgan fingerprint density at radius 1 is 1.44 bits per heavy atom. The average molecular weight is 262 g/mol. The molecule has 1 aromatic heterocycles. The summed E-state index contributed by atoms with van der Waals surface area (Å²) in [5, 5.41) is 5.48. The normalized spacial score (nSPS) is 11.8. The molecule has 0 bridgehead atoms. The number of benzene rings is 1. The number of rotatable bonds is 4. The zero-order chi connectivity index (χ0) is 12.8. The van der Waals surface area contributed by atoms with Gasteiger partial charge in [0.1, 0.15) is 11.6 Å². The summed E-state index contributed by atoms with van der Waals surface area (Å²) in [6.07, 6.45) is 1.29. The molecule has 18 heavy (non-hydrogen) atoms. The van der Waals surface area contributed by atoms with Crippen LogP contribution in [0.15, 0.2) is 41.9 Å². The molecule has 0 fully saturated rings. The number of amides is 1. The van der Waals surface area contributed by atoms with Crippen LogP contribution in [-0.4, -0.2) is 11.1 Å². The predicted molar refractivity (Wildman–Crippen MR) is 70.3 cm³/mol. The molecular weight excluding hydrogens is 248 g/mol. The number of thiazole rings is 1. The van der Waals surface area contributed by atoms with Crippen molar-refractivity contribution in [1.29, 1.82) is 0 Å². The number of nitrogens with one attached hydrogen (secondary N) is 1. The van der Waals surface area contributed by atoms with Crippen LogP contribution in [0, 0.1) is 0 Å². The summed E-state index contributed by atoms with van der Waals surface area (Å²) in [5.41, 5.74) is 0.967. The lowest BCUT2D eigenvalue weighted by Gasteiger charge is -2.11. The maximum absolute atomic E-state index is 11.6. The molecule has 1 unspecified atom stereocenters. The summed E-state index contributed by atoms with van der Waals surface area (Å²) in [4.78, 5) is 15.7. The molecule has 2 aromatic rings. The first-order valence-corrected chi connectivity index (χ1v) is 6.50. The Morgan fingerprint density at radius 3 is 2.89 bits per heavy atom. The van der Waals surface area contributed by atoms with Crippen LogP contribution < -0.4 is 5.32 Å². The fraction of sp³-hybridized carbons (Fsp3) is 0.231. The summed E-state index contributed by atoms with van der Waals surface area (Å²) >= 11 is 1.51. The molecule has 1 amide bonds. The Kier molecular flexibility index (Phi) is 4.30. The van der Waals surface area contributed by atoms with Crippen molar-refractivity contribution in [1.82, 2.24) is 10.3 Å². The molecule has 0 aliphatic carbocycles. The lowest BCUT2D eigenvalue weighted by molar-refractivity contribution is 0.136. The third-order valence-electron chi connectivity index (χ3n) is 2.37. The van der Waals surface area contributed by atoms with Crippen LogP contribution in [0.2, 0.25) is 0 Å². The van der Waals surface area contributed by atoms with Crippen LogP contribution in [0.3, 0.4) is 0 Å². The number of alkyl carbamates (subject to hydrolysis) is 1. The topological polar surface area (TPSA) is 51.2 Å². The van der Waals surface area contributed by atoms with E-state index < -0.39 is 6.09 Å². The van der Waals surface area contributed by atoms with E-state index >= 15 is 0 Å². The van der Waals surface area contributed by atoms with Gasteiger partial charge in [0.05, 0.1) is 6.04 Å². The van der Waals surface area contributed by atoms with Crippen LogP contribution >= 0.6 is 11.3 Å². The Balaban J connectivity index is 1.79. The van der Waals surface area contributed by atoms with Crippen LogP contribution in [-0.2, 0) is 11.3 Å². The quantitative estimate of drug-likeness (QED) is 0.921. The molecule has 94 valence electrons. The lowest BCUT2D eigenvalue weighted by atomic mass is 10.2. The second-order valence-electron chi connectivity index (χ2n) is 3.80. The number of carbonyl (C=O) groups excluding carboxylic acids is 1. The molecule has 4 nitrogen and oxygen atoms in total. The largest absolute Gasteiger partial charge is 0.445 e. The molecule has 1 aromatic carbocycles. The van der Waals surface area contributed by atoms with Gasteiger partial charge >= 0.3 is 6.09 Å². The summed E-state index contributed by atoms with van der Waals surface area (Å²) in [7, 11) is 0. The highest BCUT2D eigenvalue weighted by Crippen LogP contribution is 2.14. The van der Waals surface area contributed by atoms with Crippen molar-refractivity contribution in [3.63, 3.8) is 0 Å². The first kappa shape index (κ1) is 12.6. The smallest absolute Gasteiger partial charge is 0.408 e. The Morgan fingerprint density at radius 2 is 2.22 bits per heavy atom. The highest BCUT2D eigenvalue weighted by atomic mass is 32.1. The Labute approximate surface area is 110 Å². The van der Waals surface area contributed by atoms with Gasteiger partial charge in [-0.25, -0.2) is 9.78 Å². The molecule has 5 heteroatoms. The second-order valence-corrected chi connectivity index (χ2v) is 4.72. The standard InChI is InChI=1S/C13H14N2O2S/c1-10(12-14-7-8-18-12)15-13(16)17-9-11-5-3-2-4-6-11/h2-8,10H,9H2,1H3,(H,15,16). The first-order chi connectivity index (χ1) is 8.75. The van der Waals surface area contributed by atoms with Gasteiger partial charge in [-0.3, -0.25) is 0 Å². The predicted octanol–water partition coefficient (Wildman–Crippen LogP) is 3.13. The fourth-order valence-corrected chi connectivity index (χ4v) is 2.10. The number of carbonyl (C=O) groups is 1. The zero-order valence-electron chi connectivity index (χ0n) is 10.00. The maximum Gasteiger partial charge on any atom is 0.408 e. The number of hydrogen-bond acceptors (Lipinski definition) is 4. The molecule has 0 spiro atoms. The Hall–Kier alpha value is -1.88. The molecule has 0 saturated heterocycles. The van der Waals surface area contributed by atoms with Gasteiger partial charge < -0.3 is 10.1 Å². The minimum Gasteiger partial charge on any atom is -0.445 e. The number of nitrogens with zero attached hydrogens (tertiary/aromatic N) is 1. The molecular formula is C13H14N2O2S. The molecule has 2 rings (SSSR count). The first-order valence-electron chi connectivity index (χ1n) is 5.62. The fourth-order valence-electron chi connectivity index (χ4n) is 1.45. The third kappa shape index (κ3) is 3.56. The summed E-state index contributed by atoms with van der Waals surface area (Å²) in [6.45, 7) is 2.15. The number of aromatic nitrogens is 1. The highest BCUT2D eigenvalue weighted by molar-refractivity contribution is 7.09. The minimum absolute atomic E-state index is 0.131. The van der Waals surface area contributed by atoms with Gasteiger partial charge in [-0.05, 0) is 12.5 Å². The van der Waals surface area contributed by atoms with Crippen LogP contribution in [0.5, 0.6) is 0 Å². The van der Waals surface area contributed by atoms with Gasteiger partial charge in [0, 0.05) is 11.6 Å². The van der Waals surface area contributed by atoms with E-state index in [0.717, 1.165) is 10.6 Å². The zero-order valence-corrected chi connectivity index (χ0v) is 10.8. The monoisotopic (exact) mass is 262 g/mol. The molecule has 1 atom stereocenters. The molecule has 0 aliphatic rings. The van der Waals surface area contributed by atoms with E-state index in [1.54, 1.807) is 6.20 Å². The summed E-state index contributed by atoms with van der Waals surface area (Å²) in [6, 6.07) is 9.44. The molecule has 1 N–H and O–H groups in total. The lowest BCUT2D eigenvalue weighted by Crippen LogP contribution is -2.27. The SMILES string of the molecule is CC(NC(=O)OCc1ccccc1)c1nccs1. The van der Waals surface area contributed by atoms with E-state index in [9.17, 15) is 4.79 Å². The Bertz CT molecular complexity index is 485.